The topological polar surface area (TPSA) is 116 Å². The van der Waals surface area contributed by atoms with Crippen LogP contribution >= 0.6 is 0 Å². The van der Waals surface area contributed by atoms with Gasteiger partial charge < -0.3 is 15.8 Å². The Morgan fingerprint density at radius 1 is 1.29 bits per heavy atom. The Bertz CT molecular complexity index is 671. The second-order valence-electron chi connectivity index (χ2n) is 5.82. The quantitative estimate of drug-likeness (QED) is 0.774. The number of Topliss-reactive ketones (excluding diaryl/α,β-unsaturated/α-hetero) is 1. The zero-order chi connectivity index (χ0) is 17.7. The number of nitrogens with two attached hydrogens (primary N) is 1. The van der Waals surface area contributed by atoms with E-state index in [-0.39, 0.29) is 29.2 Å². The molecular formula is C17H20N2O5. The lowest BCUT2D eigenvalue weighted by Gasteiger charge is -2.28. The Balaban J connectivity index is 2.14. The highest BCUT2D eigenvalue weighted by Crippen LogP contribution is 2.24. The summed E-state index contributed by atoms with van der Waals surface area (Å²) in [6, 6.07) is 5.05. The maximum atomic E-state index is 12.4. The van der Waals surface area contributed by atoms with Gasteiger partial charge in [0.15, 0.2) is 0 Å². The van der Waals surface area contributed by atoms with Gasteiger partial charge in [-0.15, -0.1) is 0 Å². The molecule has 1 aliphatic rings. The number of ketones is 1. The number of carbonyl (C=O) groups excluding carboxylic acids is 4. The number of hydrogen-bond donors (Lipinski definition) is 2. The first-order valence-corrected chi connectivity index (χ1v) is 7.72. The third-order valence-electron chi connectivity index (χ3n) is 4.13. The maximum absolute atomic E-state index is 12.4. The van der Waals surface area contributed by atoms with Crippen LogP contribution in [-0.4, -0.2) is 36.7 Å². The second kappa shape index (κ2) is 7.72. The molecule has 0 aliphatic heterocycles. The van der Waals surface area contributed by atoms with E-state index in [9.17, 15) is 19.2 Å². The highest BCUT2D eigenvalue weighted by atomic mass is 16.5. The lowest BCUT2D eigenvalue weighted by atomic mass is 9.82. The second-order valence-corrected chi connectivity index (χ2v) is 5.82. The molecule has 7 nitrogen and oxygen atoms in total. The summed E-state index contributed by atoms with van der Waals surface area (Å²) in [5.74, 6) is -1.99. The van der Waals surface area contributed by atoms with Crippen molar-refractivity contribution < 1.29 is 23.9 Å². The van der Waals surface area contributed by atoms with Gasteiger partial charge in [-0.25, -0.2) is 4.79 Å². The fourth-order valence-corrected chi connectivity index (χ4v) is 2.89. The highest BCUT2D eigenvalue weighted by Gasteiger charge is 2.32. The van der Waals surface area contributed by atoms with E-state index in [0.29, 0.717) is 19.3 Å². The van der Waals surface area contributed by atoms with Crippen LogP contribution in [0.25, 0.3) is 0 Å². The number of amides is 2. The monoisotopic (exact) mass is 332 g/mol. The minimum absolute atomic E-state index is 0.0689. The zero-order valence-corrected chi connectivity index (χ0v) is 13.4. The number of primary amides is 1. The molecule has 2 atom stereocenters. The molecule has 24 heavy (non-hydrogen) atoms. The maximum Gasteiger partial charge on any atom is 0.337 e. The van der Waals surface area contributed by atoms with Crippen LogP contribution < -0.4 is 11.1 Å². The molecule has 0 saturated heterocycles. The molecule has 128 valence electrons. The van der Waals surface area contributed by atoms with Gasteiger partial charge in [0.25, 0.3) is 5.91 Å². The van der Waals surface area contributed by atoms with Crippen molar-refractivity contribution in [2.24, 2.45) is 11.7 Å². The smallest absolute Gasteiger partial charge is 0.337 e. The SMILES string of the molecule is COC(=O)c1cccc(C(=O)N[C@H](C(N)=O)[C@@H]2CCCC(=O)C2)c1. The van der Waals surface area contributed by atoms with E-state index >= 15 is 0 Å². The molecule has 2 amide bonds. The van der Waals surface area contributed by atoms with Crippen molar-refractivity contribution in [2.75, 3.05) is 7.11 Å². The summed E-state index contributed by atoms with van der Waals surface area (Å²) >= 11 is 0. The third kappa shape index (κ3) is 4.18. The Morgan fingerprint density at radius 3 is 2.62 bits per heavy atom. The molecule has 1 aromatic carbocycles. The molecule has 0 heterocycles. The van der Waals surface area contributed by atoms with Crippen LogP contribution in [0.4, 0.5) is 0 Å². The average Bonchev–Trinajstić information content (AvgIpc) is 2.58. The lowest BCUT2D eigenvalue weighted by molar-refractivity contribution is -0.124. The van der Waals surface area contributed by atoms with Crippen molar-refractivity contribution in [1.29, 1.82) is 0 Å². The molecule has 0 aromatic heterocycles. The van der Waals surface area contributed by atoms with Gasteiger partial charge in [-0.1, -0.05) is 6.07 Å². The average molecular weight is 332 g/mol. The summed E-state index contributed by atoms with van der Waals surface area (Å²) in [5, 5.41) is 2.59. The lowest BCUT2D eigenvalue weighted by Crippen LogP contribution is -2.50. The highest BCUT2D eigenvalue weighted by molar-refractivity contribution is 6.00. The van der Waals surface area contributed by atoms with E-state index in [1.807, 2.05) is 0 Å². The molecule has 1 aromatic rings. The van der Waals surface area contributed by atoms with E-state index in [0.717, 1.165) is 0 Å². The predicted molar refractivity (Wildman–Crippen MR) is 85.2 cm³/mol. The van der Waals surface area contributed by atoms with Gasteiger partial charge in [0.2, 0.25) is 5.91 Å². The summed E-state index contributed by atoms with van der Waals surface area (Å²) < 4.78 is 4.62. The van der Waals surface area contributed by atoms with E-state index in [1.54, 1.807) is 6.07 Å². The van der Waals surface area contributed by atoms with Crippen molar-refractivity contribution in [1.82, 2.24) is 5.32 Å². The third-order valence-corrected chi connectivity index (χ3v) is 4.13. The first kappa shape index (κ1) is 17.7. The summed E-state index contributed by atoms with van der Waals surface area (Å²) in [5.41, 5.74) is 5.84. The Hall–Kier alpha value is -2.70. The first-order chi connectivity index (χ1) is 11.4. The van der Waals surface area contributed by atoms with Crippen LogP contribution in [0.1, 0.15) is 46.4 Å². The Kier molecular flexibility index (Phi) is 5.68. The van der Waals surface area contributed by atoms with Crippen molar-refractivity contribution >= 4 is 23.6 Å². The number of carbonyl (C=O) groups is 4. The minimum Gasteiger partial charge on any atom is -0.465 e. The van der Waals surface area contributed by atoms with E-state index in [1.165, 1.54) is 25.3 Å². The Labute approximate surface area is 139 Å². The van der Waals surface area contributed by atoms with Gasteiger partial charge in [-0.2, -0.15) is 0 Å². The van der Waals surface area contributed by atoms with Gasteiger partial charge in [0.05, 0.1) is 12.7 Å². The largest absolute Gasteiger partial charge is 0.465 e. The summed E-state index contributed by atoms with van der Waals surface area (Å²) in [7, 11) is 1.25. The van der Waals surface area contributed by atoms with E-state index < -0.39 is 23.8 Å². The molecule has 0 bridgehead atoms. The van der Waals surface area contributed by atoms with Gasteiger partial charge in [0, 0.05) is 18.4 Å². The number of nitrogens with one attached hydrogen (secondary N) is 1. The first-order valence-electron chi connectivity index (χ1n) is 7.72. The molecule has 1 saturated carbocycles. The normalized spacial score (nSPS) is 18.5. The number of esters is 1. The Morgan fingerprint density at radius 2 is 2.00 bits per heavy atom. The minimum atomic E-state index is -0.913. The van der Waals surface area contributed by atoms with Gasteiger partial charge in [-0.3, -0.25) is 14.4 Å². The van der Waals surface area contributed by atoms with Gasteiger partial charge in [-0.05, 0) is 37.0 Å². The molecule has 3 N–H and O–H groups in total. The van der Waals surface area contributed by atoms with E-state index in [4.69, 9.17) is 5.73 Å². The van der Waals surface area contributed by atoms with Crippen molar-refractivity contribution in [3.8, 4) is 0 Å². The molecule has 7 heteroatoms. The van der Waals surface area contributed by atoms with Crippen molar-refractivity contribution in [2.45, 2.75) is 31.7 Å². The molecule has 0 radical (unpaired) electrons. The van der Waals surface area contributed by atoms with Crippen LogP contribution in [0.15, 0.2) is 24.3 Å². The molecule has 2 rings (SSSR count). The fourth-order valence-electron chi connectivity index (χ4n) is 2.89. The summed E-state index contributed by atoms with van der Waals surface area (Å²) in [6.07, 6.45) is 2.07. The molecular weight excluding hydrogens is 312 g/mol. The number of rotatable bonds is 5. The standard InChI is InChI=1S/C17H20N2O5/c1-24-17(23)12-6-2-5-11(8-12)16(22)19-14(15(18)21)10-4-3-7-13(20)9-10/h2,5-6,8,10,14H,3-4,7,9H2,1H3,(H2,18,21)(H,19,22)/t10-,14+/m1/s1. The van der Waals surface area contributed by atoms with E-state index in [2.05, 4.69) is 10.1 Å². The summed E-state index contributed by atoms with van der Waals surface area (Å²) in [6.45, 7) is 0. The van der Waals surface area contributed by atoms with Crippen molar-refractivity contribution in [3.63, 3.8) is 0 Å². The van der Waals surface area contributed by atoms with Gasteiger partial charge in [0.1, 0.15) is 11.8 Å². The number of methoxy groups -OCH3 is 1. The van der Waals surface area contributed by atoms with Crippen LogP contribution in [0, 0.1) is 5.92 Å². The predicted octanol–water partition coefficient (Wildman–Crippen LogP) is 0.816. The molecule has 1 fully saturated rings. The van der Waals surface area contributed by atoms with Crippen LogP contribution in [0.3, 0.4) is 0 Å². The van der Waals surface area contributed by atoms with Crippen LogP contribution in [-0.2, 0) is 14.3 Å². The van der Waals surface area contributed by atoms with Crippen LogP contribution in [0.5, 0.6) is 0 Å². The molecule has 1 aliphatic carbocycles. The fraction of sp³-hybridized carbons (Fsp3) is 0.412. The van der Waals surface area contributed by atoms with Crippen molar-refractivity contribution in [3.05, 3.63) is 35.4 Å². The van der Waals surface area contributed by atoms with Crippen LogP contribution in [0.2, 0.25) is 0 Å². The van der Waals surface area contributed by atoms with Gasteiger partial charge >= 0.3 is 5.97 Å². The summed E-state index contributed by atoms with van der Waals surface area (Å²) in [4.78, 5) is 47.2. The number of ether oxygens (including phenoxy) is 1. The number of hydrogen-bond acceptors (Lipinski definition) is 5. The molecule has 0 spiro atoms. The molecule has 0 unspecified atom stereocenters. The zero-order valence-electron chi connectivity index (χ0n) is 13.4. The number of benzene rings is 1.